The highest BCUT2D eigenvalue weighted by Crippen LogP contribution is 2.33. The number of aliphatic imine (C=N–C) groups is 1. The Morgan fingerprint density at radius 3 is 2.76 bits per heavy atom. The van der Waals surface area contributed by atoms with Gasteiger partial charge >= 0.3 is 0 Å². The number of nitrogens with zero attached hydrogens (tertiary/aromatic N) is 2. The van der Waals surface area contributed by atoms with Crippen molar-refractivity contribution in [2.75, 3.05) is 31.0 Å². The molecule has 29 heavy (non-hydrogen) atoms. The summed E-state index contributed by atoms with van der Waals surface area (Å²) in [5.41, 5.74) is 1.25. The number of hydrogen-bond donors (Lipinski definition) is 1. The van der Waals surface area contributed by atoms with Gasteiger partial charge in [0.2, 0.25) is 11.8 Å². The fourth-order valence-corrected chi connectivity index (χ4v) is 3.96. The minimum absolute atomic E-state index is 0.106. The summed E-state index contributed by atoms with van der Waals surface area (Å²) >= 11 is 1.23. The molecule has 0 aliphatic carbocycles. The van der Waals surface area contributed by atoms with Crippen LogP contribution in [0.4, 0.5) is 11.4 Å². The topological polar surface area (TPSA) is 80.2 Å². The maximum Gasteiger partial charge on any atom is 0.247 e. The summed E-state index contributed by atoms with van der Waals surface area (Å²) in [5, 5.41) is 3.15. The van der Waals surface area contributed by atoms with Crippen LogP contribution >= 0.6 is 11.8 Å². The highest BCUT2D eigenvalue weighted by atomic mass is 32.2. The summed E-state index contributed by atoms with van der Waals surface area (Å²) < 4.78 is 10.8. The molecule has 2 amide bonds. The Hall–Kier alpha value is -3.00. The van der Waals surface area contributed by atoms with Crippen LogP contribution in [-0.2, 0) is 9.59 Å². The molecule has 0 bridgehead atoms. The van der Waals surface area contributed by atoms with Crippen LogP contribution in [0.25, 0.3) is 0 Å². The lowest BCUT2D eigenvalue weighted by Crippen LogP contribution is -2.31. The van der Waals surface area contributed by atoms with Crippen molar-refractivity contribution in [1.29, 1.82) is 0 Å². The SMILES string of the molecule is CCOc1cccc(N2C(=O)C[C@H](SC(=NC)Nc3ccccc3OC)C2=O)c1. The average molecular weight is 413 g/mol. The van der Waals surface area contributed by atoms with Crippen molar-refractivity contribution in [2.24, 2.45) is 4.99 Å². The standard InChI is InChI=1S/C21H23N3O4S/c1-4-28-15-9-7-8-14(12-15)24-19(25)13-18(20(24)26)29-21(22-2)23-16-10-5-6-11-17(16)27-3/h5-12,18H,4,13H2,1-3H3,(H,22,23)/t18-/m0/s1. The van der Waals surface area contributed by atoms with Gasteiger partial charge in [-0.25, -0.2) is 4.90 Å². The van der Waals surface area contributed by atoms with Gasteiger partial charge < -0.3 is 14.8 Å². The summed E-state index contributed by atoms with van der Waals surface area (Å²) in [6, 6.07) is 14.4. The predicted octanol–water partition coefficient (Wildman–Crippen LogP) is 3.56. The number of benzene rings is 2. The van der Waals surface area contributed by atoms with Gasteiger partial charge in [-0.15, -0.1) is 0 Å². The molecule has 1 heterocycles. The molecule has 1 saturated heterocycles. The van der Waals surface area contributed by atoms with Gasteiger partial charge in [-0.1, -0.05) is 30.0 Å². The monoisotopic (exact) mass is 413 g/mol. The van der Waals surface area contributed by atoms with Crippen molar-refractivity contribution < 1.29 is 19.1 Å². The number of hydrogen-bond acceptors (Lipinski definition) is 6. The first-order chi connectivity index (χ1) is 14.1. The second-order valence-corrected chi connectivity index (χ2v) is 7.35. The van der Waals surface area contributed by atoms with E-state index in [-0.39, 0.29) is 18.2 Å². The van der Waals surface area contributed by atoms with E-state index in [0.29, 0.717) is 29.0 Å². The summed E-state index contributed by atoms with van der Waals surface area (Å²) in [5.74, 6) is 0.776. The van der Waals surface area contributed by atoms with Gasteiger partial charge in [0.05, 0.1) is 25.1 Å². The number of carbonyl (C=O) groups is 2. The molecule has 0 unspecified atom stereocenters. The minimum Gasteiger partial charge on any atom is -0.495 e. The number of amides is 2. The van der Waals surface area contributed by atoms with Crippen molar-refractivity contribution in [2.45, 2.75) is 18.6 Å². The van der Waals surface area contributed by atoms with E-state index in [1.165, 1.54) is 16.7 Å². The van der Waals surface area contributed by atoms with E-state index in [9.17, 15) is 9.59 Å². The van der Waals surface area contributed by atoms with Crippen LogP contribution in [0.1, 0.15) is 13.3 Å². The van der Waals surface area contributed by atoms with Gasteiger partial charge in [0, 0.05) is 19.5 Å². The molecule has 1 aliphatic heterocycles. The number of para-hydroxylation sites is 2. The van der Waals surface area contributed by atoms with Crippen LogP contribution in [0, 0.1) is 0 Å². The van der Waals surface area contributed by atoms with E-state index in [2.05, 4.69) is 10.3 Å². The van der Waals surface area contributed by atoms with Gasteiger partial charge in [0.1, 0.15) is 16.7 Å². The van der Waals surface area contributed by atoms with Gasteiger partial charge in [-0.05, 0) is 31.2 Å². The molecule has 2 aromatic carbocycles. The lowest BCUT2D eigenvalue weighted by Gasteiger charge is -2.17. The van der Waals surface area contributed by atoms with Crippen molar-refractivity contribution in [1.82, 2.24) is 0 Å². The second-order valence-electron chi connectivity index (χ2n) is 6.16. The maximum atomic E-state index is 12.9. The normalized spacial score (nSPS) is 16.9. The van der Waals surface area contributed by atoms with Crippen molar-refractivity contribution in [3.63, 3.8) is 0 Å². The van der Waals surface area contributed by atoms with Crippen molar-refractivity contribution in [3.05, 3.63) is 48.5 Å². The third-order valence-electron chi connectivity index (χ3n) is 4.30. The first-order valence-electron chi connectivity index (χ1n) is 9.20. The molecule has 1 atom stereocenters. The number of thioether (sulfide) groups is 1. The van der Waals surface area contributed by atoms with E-state index < -0.39 is 5.25 Å². The number of imide groups is 1. The van der Waals surface area contributed by atoms with E-state index in [1.54, 1.807) is 38.4 Å². The minimum atomic E-state index is -0.556. The van der Waals surface area contributed by atoms with Gasteiger partial charge in [0.15, 0.2) is 5.17 Å². The molecule has 7 nitrogen and oxygen atoms in total. The molecule has 1 aliphatic rings. The Balaban J connectivity index is 1.74. The molecule has 1 N–H and O–H groups in total. The zero-order valence-electron chi connectivity index (χ0n) is 16.5. The van der Waals surface area contributed by atoms with E-state index in [0.717, 1.165) is 5.69 Å². The summed E-state index contributed by atoms with van der Waals surface area (Å²) in [6.45, 7) is 2.39. The second kappa shape index (κ2) is 9.47. The molecule has 0 radical (unpaired) electrons. The largest absolute Gasteiger partial charge is 0.495 e. The Labute approximate surface area is 174 Å². The lowest BCUT2D eigenvalue weighted by molar-refractivity contribution is -0.121. The van der Waals surface area contributed by atoms with Gasteiger partial charge in [-0.3, -0.25) is 14.6 Å². The van der Waals surface area contributed by atoms with Crippen molar-refractivity contribution >= 4 is 40.1 Å². The molecule has 0 spiro atoms. The smallest absolute Gasteiger partial charge is 0.247 e. The van der Waals surface area contributed by atoms with E-state index in [4.69, 9.17) is 9.47 Å². The maximum absolute atomic E-state index is 12.9. The molecular formula is C21H23N3O4S. The van der Waals surface area contributed by atoms with Crippen LogP contribution in [-0.4, -0.2) is 43.0 Å². The molecule has 152 valence electrons. The Morgan fingerprint density at radius 2 is 2.03 bits per heavy atom. The number of ether oxygens (including phenoxy) is 2. The number of nitrogens with one attached hydrogen (secondary N) is 1. The zero-order valence-corrected chi connectivity index (χ0v) is 17.4. The Morgan fingerprint density at radius 1 is 1.24 bits per heavy atom. The van der Waals surface area contributed by atoms with Gasteiger partial charge in [0.25, 0.3) is 0 Å². The molecule has 2 aromatic rings. The molecular weight excluding hydrogens is 390 g/mol. The van der Waals surface area contributed by atoms with Crippen LogP contribution in [0.15, 0.2) is 53.5 Å². The van der Waals surface area contributed by atoms with E-state index >= 15 is 0 Å². The average Bonchev–Trinajstić information content (AvgIpc) is 3.01. The quantitative estimate of drug-likeness (QED) is 0.443. The zero-order chi connectivity index (χ0) is 20.8. The fraction of sp³-hybridized carbons (Fsp3) is 0.286. The highest BCUT2D eigenvalue weighted by molar-refractivity contribution is 8.15. The molecule has 1 fully saturated rings. The summed E-state index contributed by atoms with van der Waals surface area (Å²) in [6.07, 6.45) is 0.106. The number of methoxy groups -OCH3 is 1. The van der Waals surface area contributed by atoms with Crippen LogP contribution in [0.3, 0.4) is 0 Å². The van der Waals surface area contributed by atoms with Crippen LogP contribution in [0.2, 0.25) is 0 Å². The number of rotatable bonds is 6. The number of amidine groups is 1. The Kier molecular flexibility index (Phi) is 6.77. The molecule has 8 heteroatoms. The number of anilines is 2. The van der Waals surface area contributed by atoms with Gasteiger partial charge in [-0.2, -0.15) is 0 Å². The first-order valence-corrected chi connectivity index (χ1v) is 10.1. The molecule has 3 rings (SSSR count). The van der Waals surface area contributed by atoms with Crippen LogP contribution in [0.5, 0.6) is 11.5 Å². The lowest BCUT2D eigenvalue weighted by atomic mass is 10.3. The third-order valence-corrected chi connectivity index (χ3v) is 5.46. The Bertz CT molecular complexity index is 932. The number of carbonyl (C=O) groups excluding carboxylic acids is 2. The molecule has 0 saturated carbocycles. The third kappa shape index (κ3) is 4.71. The van der Waals surface area contributed by atoms with E-state index in [1.807, 2.05) is 31.2 Å². The van der Waals surface area contributed by atoms with Crippen LogP contribution < -0.4 is 19.7 Å². The summed E-state index contributed by atoms with van der Waals surface area (Å²) in [7, 11) is 3.22. The predicted molar refractivity (Wildman–Crippen MR) is 116 cm³/mol. The molecule has 0 aromatic heterocycles. The summed E-state index contributed by atoms with van der Waals surface area (Å²) in [4.78, 5) is 31.0. The fourth-order valence-electron chi connectivity index (χ4n) is 2.98. The van der Waals surface area contributed by atoms with Crippen molar-refractivity contribution in [3.8, 4) is 11.5 Å². The highest BCUT2D eigenvalue weighted by Gasteiger charge is 2.41. The first kappa shape index (κ1) is 20.7.